The molecule has 0 N–H and O–H groups in total. The van der Waals surface area contributed by atoms with Crippen LogP contribution >= 0.6 is 11.3 Å². The van der Waals surface area contributed by atoms with Gasteiger partial charge in [0.15, 0.2) is 0 Å². The summed E-state index contributed by atoms with van der Waals surface area (Å²) in [5.41, 5.74) is 2.98. The van der Waals surface area contributed by atoms with Crippen LogP contribution in [0.5, 0.6) is 5.75 Å². The molecule has 0 atom stereocenters. The Morgan fingerprint density at radius 1 is 1.14 bits per heavy atom. The van der Waals surface area contributed by atoms with E-state index in [1.165, 1.54) is 5.69 Å². The van der Waals surface area contributed by atoms with Crippen LogP contribution in [0.3, 0.4) is 0 Å². The smallest absolute Gasteiger partial charge is 0.270 e. The van der Waals surface area contributed by atoms with E-state index < -0.39 is 0 Å². The van der Waals surface area contributed by atoms with Crippen LogP contribution in [0, 0.1) is 0 Å². The number of hydrogen-bond donors (Lipinski definition) is 0. The van der Waals surface area contributed by atoms with E-state index in [1.54, 1.807) is 18.4 Å². The van der Waals surface area contributed by atoms with Crippen molar-refractivity contribution in [1.29, 1.82) is 0 Å². The van der Waals surface area contributed by atoms with E-state index in [2.05, 4.69) is 39.6 Å². The molecule has 0 radical (unpaired) electrons. The summed E-state index contributed by atoms with van der Waals surface area (Å²) in [6.07, 6.45) is 0. The SMILES string of the molecule is C=C(C)Cn1c(C(=O)N2CCN(c3ccc(OC)cc3)CC2)cc2ccsc21. The fourth-order valence-electron chi connectivity index (χ4n) is 3.70. The lowest BCUT2D eigenvalue weighted by Crippen LogP contribution is -2.49. The molecule has 5 nitrogen and oxygen atoms in total. The van der Waals surface area contributed by atoms with Gasteiger partial charge in [0, 0.05) is 43.8 Å². The number of carbonyl (C=O) groups is 1. The summed E-state index contributed by atoms with van der Waals surface area (Å²) in [6, 6.07) is 12.2. The first kappa shape index (κ1) is 18.6. The van der Waals surface area contributed by atoms with Crippen LogP contribution in [0.1, 0.15) is 17.4 Å². The molecule has 0 spiro atoms. The lowest BCUT2D eigenvalue weighted by Gasteiger charge is -2.36. The van der Waals surface area contributed by atoms with Gasteiger partial charge in [0.2, 0.25) is 0 Å². The first-order chi connectivity index (χ1) is 13.6. The molecular formula is C22H25N3O2S. The minimum Gasteiger partial charge on any atom is -0.497 e. The third-order valence-electron chi connectivity index (χ3n) is 5.15. The first-order valence-corrected chi connectivity index (χ1v) is 10.3. The Labute approximate surface area is 169 Å². The molecular weight excluding hydrogens is 370 g/mol. The number of benzene rings is 1. The van der Waals surface area contributed by atoms with Crippen molar-refractivity contribution < 1.29 is 9.53 Å². The second-order valence-corrected chi connectivity index (χ2v) is 8.13. The molecule has 0 unspecified atom stereocenters. The van der Waals surface area contributed by atoms with Crippen molar-refractivity contribution in [3.05, 3.63) is 59.6 Å². The number of amides is 1. The predicted molar refractivity (Wildman–Crippen MR) is 116 cm³/mol. The van der Waals surface area contributed by atoms with Crippen molar-refractivity contribution in [2.75, 3.05) is 38.2 Å². The number of ether oxygens (including phenoxy) is 1. The second-order valence-electron chi connectivity index (χ2n) is 7.23. The monoisotopic (exact) mass is 395 g/mol. The highest BCUT2D eigenvalue weighted by molar-refractivity contribution is 7.16. The maximum atomic E-state index is 13.2. The lowest BCUT2D eigenvalue weighted by molar-refractivity contribution is 0.0737. The number of aromatic nitrogens is 1. The van der Waals surface area contributed by atoms with Gasteiger partial charge in [0.25, 0.3) is 5.91 Å². The molecule has 0 bridgehead atoms. The molecule has 1 aliphatic rings. The molecule has 28 heavy (non-hydrogen) atoms. The number of anilines is 1. The van der Waals surface area contributed by atoms with E-state index in [4.69, 9.17) is 4.74 Å². The number of carbonyl (C=O) groups excluding carboxylic acids is 1. The van der Waals surface area contributed by atoms with Crippen LogP contribution in [-0.2, 0) is 6.54 Å². The summed E-state index contributed by atoms with van der Waals surface area (Å²) < 4.78 is 7.34. The number of nitrogens with zero attached hydrogens (tertiary/aromatic N) is 3. The maximum absolute atomic E-state index is 13.2. The Morgan fingerprint density at radius 3 is 2.50 bits per heavy atom. The average molecular weight is 396 g/mol. The van der Waals surface area contributed by atoms with Gasteiger partial charge in [-0.1, -0.05) is 12.2 Å². The van der Waals surface area contributed by atoms with Gasteiger partial charge in [0.1, 0.15) is 16.3 Å². The quantitative estimate of drug-likeness (QED) is 0.606. The molecule has 3 heterocycles. The van der Waals surface area contributed by atoms with Crippen molar-refractivity contribution >= 4 is 33.1 Å². The van der Waals surface area contributed by atoms with E-state index in [-0.39, 0.29) is 5.91 Å². The largest absolute Gasteiger partial charge is 0.497 e. The second kappa shape index (κ2) is 7.72. The summed E-state index contributed by atoms with van der Waals surface area (Å²) in [6.45, 7) is 9.80. The summed E-state index contributed by atoms with van der Waals surface area (Å²) in [7, 11) is 1.67. The fourth-order valence-corrected chi connectivity index (χ4v) is 4.60. The molecule has 1 aromatic carbocycles. The first-order valence-electron chi connectivity index (χ1n) is 9.46. The average Bonchev–Trinajstić information content (AvgIpc) is 3.30. The topological polar surface area (TPSA) is 37.7 Å². The predicted octanol–water partition coefficient (Wildman–Crippen LogP) is 4.25. The molecule has 1 aliphatic heterocycles. The van der Waals surface area contributed by atoms with E-state index in [0.717, 1.165) is 53.4 Å². The fraction of sp³-hybridized carbons (Fsp3) is 0.318. The highest BCUT2D eigenvalue weighted by Gasteiger charge is 2.25. The van der Waals surface area contributed by atoms with Crippen LogP contribution in [0.4, 0.5) is 5.69 Å². The number of rotatable bonds is 5. The van der Waals surface area contributed by atoms with Crippen molar-refractivity contribution in [2.45, 2.75) is 13.5 Å². The van der Waals surface area contributed by atoms with Gasteiger partial charge < -0.3 is 19.1 Å². The van der Waals surface area contributed by atoms with Gasteiger partial charge in [0.05, 0.1) is 7.11 Å². The van der Waals surface area contributed by atoms with Gasteiger partial charge >= 0.3 is 0 Å². The summed E-state index contributed by atoms with van der Waals surface area (Å²) >= 11 is 1.67. The van der Waals surface area contributed by atoms with E-state index in [9.17, 15) is 4.79 Å². The highest BCUT2D eigenvalue weighted by atomic mass is 32.1. The normalized spacial score (nSPS) is 14.5. The van der Waals surface area contributed by atoms with Gasteiger partial charge in [-0.2, -0.15) is 0 Å². The Balaban J connectivity index is 1.49. The zero-order chi connectivity index (χ0) is 19.7. The zero-order valence-corrected chi connectivity index (χ0v) is 17.2. The Hall–Kier alpha value is -2.73. The van der Waals surface area contributed by atoms with Crippen molar-refractivity contribution in [3.63, 3.8) is 0 Å². The number of fused-ring (bicyclic) bond motifs is 1. The number of thiophene rings is 1. The van der Waals surface area contributed by atoms with E-state index in [0.29, 0.717) is 6.54 Å². The molecule has 3 aromatic rings. The Morgan fingerprint density at radius 2 is 1.86 bits per heavy atom. The minimum absolute atomic E-state index is 0.110. The third kappa shape index (κ3) is 3.52. The van der Waals surface area contributed by atoms with Crippen molar-refractivity contribution in [2.24, 2.45) is 0 Å². The van der Waals surface area contributed by atoms with Crippen molar-refractivity contribution in [3.8, 4) is 5.75 Å². The van der Waals surface area contributed by atoms with Gasteiger partial charge in [-0.25, -0.2) is 0 Å². The highest BCUT2D eigenvalue weighted by Crippen LogP contribution is 2.28. The number of piperazine rings is 1. The molecule has 4 rings (SSSR count). The van der Waals surface area contributed by atoms with Crippen LogP contribution < -0.4 is 9.64 Å². The van der Waals surface area contributed by atoms with E-state index in [1.807, 2.05) is 30.0 Å². The lowest BCUT2D eigenvalue weighted by atomic mass is 10.2. The molecule has 0 aliphatic carbocycles. The van der Waals surface area contributed by atoms with Gasteiger partial charge in [-0.15, -0.1) is 11.3 Å². The number of hydrogen-bond acceptors (Lipinski definition) is 4. The van der Waals surface area contributed by atoms with Crippen LogP contribution in [0.15, 0.2) is 53.9 Å². The summed E-state index contributed by atoms with van der Waals surface area (Å²) in [5.74, 6) is 0.967. The van der Waals surface area contributed by atoms with Gasteiger partial charge in [-0.05, 0) is 48.7 Å². The molecule has 1 amide bonds. The molecule has 1 saturated heterocycles. The van der Waals surface area contributed by atoms with Crippen molar-refractivity contribution in [1.82, 2.24) is 9.47 Å². The third-order valence-corrected chi connectivity index (χ3v) is 6.11. The maximum Gasteiger partial charge on any atom is 0.270 e. The molecule has 0 saturated carbocycles. The Bertz CT molecular complexity index is 995. The van der Waals surface area contributed by atoms with Gasteiger partial charge in [-0.3, -0.25) is 4.79 Å². The zero-order valence-electron chi connectivity index (χ0n) is 16.4. The van der Waals surface area contributed by atoms with Crippen LogP contribution in [-0.4, -0.2) is 48.7 Å². The number of methoxy groups -OCH3 is 1. The van der Waals surface area contributed by atoms with Crippen LogP contribution in [0.2, 0.25) is 0 Å². The standard InChI is InChI=1S/C22H25N3O2S/c1-16(2)15-25-20(14-17-8-13-28-22(17)25)21(26)24-11-9-23(10-12-24)18-4-6-19(27-3)7-5-18/h4-8,13-14H,1,9-12,15H2,2-3H3. The number of allylic oxidation sites excluding steroid dienone is 1. The molecule has 2 aromatic heterocycles. The molecule has 146 valence electrons. The van der Waals surface area contributed by atoms with Crippen LogP contribution in [0.25, 0.3) is 10.2 Å². The summed E-state index contributed by atoms with van der Waals surface area (Å²) in [5, 5.41) is 3.20. The minimum atomic E-state index is 0.110. The summed E-state index contributed by atoms with van der Waals surface area (Å²) in [4.78, 5) is 18.7. The molecule has 6 heteroatoms. The Kier molecular flexibility index (Phi) is 5.13. The molecule has 1 fully saturated rings. The van der Waals surface area contributed by atoms with E-state index >= 15 is 0 Å².